The molecule has 3 rings (SSSR count). The van der Waals surface area contributed by atoms with Gasteiger partial charge in [0.1, 0.15) is 6.54 Å². The van der Waals surface area contributed by atoms with Crippen LogP contribution in [0.25, 0.3) is 0 Å². The average Bonchev–Trinajstić information content (AvgIpc) is 2.91. The minimum absolute atomic E-state index is 0.00887. The maximum atomic E-state index is 12.4. The fraction of sp³-hybridized carbons (Fsp3) is 0.294. The summed E-state index contributed by atoms with van der Waals surface area (Å²) >= 11 is 0. The molecule has 0 saturated heterocycles. The van der Waals surface area contributed by atoms with Crippen molar-refractivity contribution in [2.45, 2.75) is 25.9 Å². The number of ether oxygens (including phenoxy) is 1. The number of rotatable bonds is 4. The number of fused-ring (bicyclic) bond motifs is 1. The lowest BCUT2D eigenvalue weighted by Crippen LogP contribution is -2.39. The van der Waals surface area contributed by atoms with Gasteiger partial charge in [0.2, 0.25) is 0 Å². The first-order valence-corrected chi connectivity index (χ1v) is 7.81. The van der Waals surface area contributed by atoms with E-state index < -0.39 is 23.8 Å². The van der Waals surface area contributed by atoms with Gasteiger partial charge in [-0.15, -0.1) is 0 Å². The number of amides is 1. The molecule has 1 aliphatic heterocycles. The molecule has 0 spiro atoms. The highest BCUT2D eigenvalue weighted by atomic mass is 16.5. The highest BCUT2D eigenvalue weighted by Gasteiger charge is 2.30. The number of nitrogens with zero attached hydrogens (tertiary/aromatic N) is 2. The number of aromatic amines is 1. The zero-order valence-electron chi connectivity index (χ0n) is 13.6. The first-order valence-electron chi connectivity index (χ1n) is 7.81. The molecular weight excluding hydrogens is 326 g/mol. The van der Waals surface area contributed by atoms with Crippen LogP contribution in [-0.4, -0.2) is 34.1 Å². The Hall–Kier alpha value is -3.16. The summed E-state index contributed by atoms with van der Waals surface area (Å²) in [7, 11) is 0. The molecule has 8 heteroatoms. The number of esters is 1. The maximum Gasteiger partial charge on any atom is 0.328 e. The molecule has 1 amide bonds. The van der Waals surface area contributed by atoms with E-state index in [1.54, 1.807) is 4.90 Å². The molecule has 0 fully saturated rings. The van der Waals surface area contributed by atoms with E-state index in [2.05, 4.69) is 0 Å². The van der Waals surface area contributed by atoms with Crippen LogP contribution in [0.15, 0.2) is 46.1 Å². The standard InChI is InChI=1S/C17H17N3O5/c1-11-8-12-4-2-3-5-13(12)20(11)15(22)10-25-16(23)9-19-7-6-14(21)18-17(19)24/h2-7,11H,8-10H2,1H3,(H,18,21,24)/t11-/m1/s1. The van der Waals surface area contributed by atoms with Gasteiger partial charge in [0.15, 0.2) is 6.61 Å². The lowest BCUT2D eigenvalue weighted by Gasteiger charge is -2.22. The fourth-order valence-electron chi connectivity index (χ4n) is 2.91. The van der Waals surface area contributed by atoms with Crippen molar-refractivity contribution >= 4 is 17.6 Å². The summed E-state index contributed by atoms with van der Waals surface area (Å²) in [6, 6.07) is 8.72. The number of para-hydroxylation sites is 1. The van der Waals surface area contributed by atoms with Crippen molar-refractivity contribution in [3.63, 3.8) is 0 Å². The molecule has 0 bridgehead atoms. The largest absolute Gasteiger partial charge is 0.454 e. The summed E-state index contributed by atoms with van der Waals surface area (Å²) in [4.78, 5) is 50.4. The van der Waals surface area contributed by atoms with Crippen molar-refractivity contribution < 1.29 is 14.3 Å². The normalized spacial score (nSPS) is 15.7. The van der Waals surface area contributed by atoms with Crippen LogP contribution in [0.4, 0.5) is 5.69 Å². The number of hydrogen-bond acceptors (Lipinski definition) is 5. The van der Waals surface area contributed by atoms with E-state index in [1.165, 1.54) is 6.20 Å². The van der Waals surface area contributed by atoms with Crippen LogP contribution in [-0.2, 0) is 27.3 Å². The first-order chi connectivity index (χ1) is 12.0. The molecule has 2 heterocycles. The van der Waals surface area contributed by atoms with E-state index in [0.29, 0.717) is 0 Å². The molecule has 0 unspecified atom stereocenters. The van der Waals surface area contributed by atoms with Crippen molar-refractivity contribution in [3.05, 3.63) is 62.9 Å². The van der Waals surface area contributed by atoms with Gasteiger partial charge in [0.25, 0.3) is 11.5 Å². The number of nitrogens with one attached hydrogen (secondary N) is 1. The second-order valence-electron chi connectivity index (χ2n) is 5.84. The second-order valence-corrected chi connectivity index (χ2v) is 5.84. The van der Waals surface area contributed by atoms with Crippen LogP contribution in [0, 0.1) is 0 Å². The van der Waals surface area contributed by atoms with Crippen LogP contribution in [0.1, 0.15) is 12.5 Å². The molecule has 1 atom stereocenters. The van der Waals surface area contributed by atoms with E-state index in [-0.39, 0.29) is 18.5 Å². The van der Waals surface area contributed by atoms with Gasteiger partial charge in [-0.2, -0.15) is 0 Å². The number of hydrogen-bond donors (Lipinski definition) is 1. The van der Waals surface area contributed by atoms with Gasteiger partial charge in [-0.05, 0) is 25.0 Å². The number of H-pyrrole nitrogens is 1. The molecule has 0 radical (unpaired) electrons. The third-order valence-corrected chi connectivity index (χ3v) is 4.03. The van der Waals surface area contributed by atoms with Gasteiger partial charge in [0, 0.05) is 24.0 Å². The third-order valence-electron chi connectivity index (χ3n) is 4.03. The molecule has 1 aliphatic rings. The SMILES string of the molecule is C[C@@H]1Cc2ccccc2N1C(=O)COC(=O)Cn1ccc(=O)[nH]c1=O. The zero-order chi connectivity index (χ0) is 18.0. The molecule has 0 saturated carbocycles. The average molecular weight is 343 g/mol. The van der Waals surface area contributed by atoms with Crippen molar-refractivity contribution in [1.82, 2.24) is 9.55 Å². The quantitative estimate of drug-likeness (QED) is 0.791. The topological polar surface area (TPSA) is 101 Å². The summed E-state index contributed by atoms with van der Waals surface area (Å²) in [5.41, 5.74) is 0.645. The molecule has 0 aliphatic carbocycles. The predicted molar refractivity (Wildman–Crippen MR) is 89.4 cm³/mol. The summed E-state index contributed by atoms with van der Waals surface area (Å²) in [5, 5.41) is 0. The smallest absolute Gasteiger partial charge is 0.328 e. The van der Waals surface area contributed by atoms with Crippen LogP contribution < -0.4 is 16.1 Å². The molecular formula is C17H17N3O5. The lowest BCUT2D eigenvalue weighted by atomic mass is 10.1. The summed E-state index contributed by atoms with van der Waals surface area (Å²) < 4.78 is 5.99. The van der Waals surface area contributed by atoms with Gasteiger partial charge < -0.3 is 9.64 Å². The Labute approximate surface area is 142 Å². The van der Waals surface area contributed by atoms with Crippen LogP contribution in [0.3, 0.4) is 0 Å². The molecule has 1 aromatic carbocycles. The summed E-state index contributed by atoms with van der Waals surface area (Å²) in [6.45, 7) is 1.14. The highest BCUT2D eigenvalue weighted by molar-refractivity contribution is 5.97. The number of carbonyl (C=O) groups is 2. The Morgan fingerprint density at radius 1 is 1.24 bits per heavy atom. The first kappa shape index (κ1) is 16.7. The van der Waals surface area contributed by atoms with E-state index in [1.807, 2.05) is 36.2 Å². The number of anilines is 1. The Balaban J connectivity index is 1.62. The van der Waals surface area contributed by atoms with E-state index in [9.17, 15) is 19.2 Å². The molecule has 1 aromatic heterocycles. The number of carbonyl (C=O) groups excluding carboxylic acids is 2. The van der Waals surface area contributed by atoms with Gasteiger partial charge in [0.05, 0.1) is 0 Å². The Morgan fingerprint density at radius 3 is 2.76 bits per heavy atom. The lowest BCUT2D eigenvalue weighted by molar-refractivity contribution is -0.148. The van der Waals surface area contributed by atoms with E-state index in [0.717, 1.165) is 28.3 Å². The van der Waals surface area contributed by atoms with Gasteiger partial charge in [-0.3, -0.25) is 23.9 Å². The Kier molecular flexibility index (Phi) is 4.51. The van der Waals surface area contributed by atoms with Crippen molar-refractivity contribution in [2.24, 2.45) is 0 Å². The van der Waals surface area contributed by atoms with Crippen LogP contribution in [0.2, 0.25) is 0 Å². The van der Waals surface area contributed by atoms with Crippen molar-refractivity contribution in [1.29, 1.82) is 0 Å². The molecule has 1 N–H and O–H groups in total. The van der Waals surface area contributed by atoms with E-state index in [4.69, 9.17) is 4.74 Å². The summed E-state index contributed by atoms with van der Waals surface area (Å²) in [5.74, 6) is -1.05. The van der Waals surface area contributed by atoms with Crippen LogP contribution >= 0.6 is 0 Å². The number of aromatic nitrogens is 2. The second kappa shape index (κ2) is 6.76. The van der Waals surface area contributed by atoms with Gasteiger partial charge >= 0.3 is 11.7 Å². The molecule has 130 valence electrons. The van der Waals surface area contributed by atoms with Gasteiger partial charge in [-0.1, -0.05) is 18.2 Å². The Morgan fingerprint density at radius 2 is 2.00 bits per heavy atom. The Bertz CT molecular complexity index is 930. The minimum Gasteiger partial charge on any atom is -0.454 e. The molecule has 2 aromatic rings. The monoisotopic (exact) mass is 343 g/mol. The predicted octanol–water partition coefficient (Wildman–Crippen LogP) is 0.0576. The molecule has 25 heavy (non-hydrogen) atoms. The maximum absolute atomic E-state index is 12.4. The van der Waals surface area contributed by atoms with Crippen molar-refractivity contribution in [3.8, 4) is 0 Å². The number of benzene rings is 1. The minimum atomic E-state index is -0.734. The van der Waals surface area contributed by atoms with Crippen molar-refractivity contribution in [2.75, 3.05) is 11.5 Å². The zero-order valence-corrected chi connectivity index (χ0v) is 13.6. The molecule has 8 nitrogen and oxygen atoms in total. The third kappa shape index (κ3) is 3.52. The fourth-order valence-corrected chi connectivity index (χ4v) is 2.91. The van der Waals surface area contributed by atoms with Crippen LogP contribution in [0.5, 0.6) is 0 Å². The highest BCUT2D eigenvalue weighted by Crippen LogP contribution is 2.31. The summed E-state index contributed by atoms with van der Waals surface area (Å²) in [6.07, 6.45) is 1.95. The van der Waals surface area contributed by atoms with Gasteiger partial charge in [-0.25, -0.2) is 4.79 Å². The van der Waals surface area contributed by atoms with E-state index >= 15 is 0 Å².